The van der Waals surface area contributed by atoms with Crippen molar-refractivity contribution in [3.8, 4) is 0 Å². The molecule has 0 radical (unpaired) electrons. The summed E-state index contributed by atoms with van der Waals surface area (Å²) in [5.74, 6) is 1.18. The molecule has 1 aromatic rings. The number of rotatable bonds is 0. The van der Waals surface area contributed by atoms with Crippen molar-refractivity contribution in [3.63, 3.8) is 0 Å². The zero-order valence-corrected chi connectivity index (χ0v) is 9.25. The Kier molecular flexibility index (Phi) is 4.10. The molecule has 1 aliphatic rings. The first-order chi connectivity index (χ1) is 5.86. The average molecular weight is 216 g/mol. The molecule has 0 spiro atoms. The molecule has 0 aliphatic carbocycles. The number of nitrogens with one attached hydrogen (secondary N) is 1. The van der Waals surface area contributed by atoms with E-state index in [2.05, 4.69) is 36.5 Å². The maximum absolute atomic E-state index is 3.48. The normalized spacial score (nSPS) is 21.2. The van der Waals surface area contributed by atoms with Crippen molar-refractivity contribution in [1.29, 1.82) is 0 Å². The van der Waals surface area contributed by atoms with E-state index in [4.69, 9.17) is 0 Å². The second-order valence-electron chi connectivity index (χ2n) is 3.20. The summed E-state index contributed by atoms with van der Waals surface area (Å²) in [6.45, 7) is 3.25. The van der Waals surface area contributed by atoms with Crippen LogP contribution in [-0.4, -0.2) is 11.8 Å². The lowest BCUT2D eigenvalue weighted by molar-refractivity contribution is 0.598. The van der Waals surface area contributed by atoms with Gasteiger partial charge in [0, 0.05) is 23.2 Å². The molecule has 0 bridgehead atoms. The summed E-state index contributed by atoms with van der Waals surface area (Å²) in [4.78, 5) is 1.44. The van der Waals surface area contributed by atoms with Gasteiger partial charge in [0.15, 0.2) is 0 Å². The van der Waals surface area contributed by atoms with E-state index in [9.17, 15) is 0 Å². The SMILES string of the molecule is CC1CSc2ccccc2CN1.Cl. The van der Waals surface area contributed by atoms with E-state index >= 15 is 0 Å². The van der Waals surface area contributed by atoms with Gasteiger partial charge < -0.3 is 5.32 Å². The highest BCUT2D eigenvalue weighted by Crippen LogP contribution is 2.25. The highest BCUT2D eigenvalue weighted by molar-refractivity contribution is 7.99. The standard InChI is InChI=1S/C10H13NS.ClH/c1-8-7-12-10-5-3-2-4-9(10)6-11-8;/h2-5,8,11H,6-7H2,1H3;1H. The Labute approximate surface area is 89.7 Å². The molecule has 0 amide bonds. The molecule has 0 aromatic heterocycles. The van der Waals surface area contributed by atoms with Gasteiger partial charge in [0.25, 0.3) is 0 Å². The van der Waals surface area contributed by atoms with Crippen LogP contribution in [0.25, 0.3) is 0 Å². The minimum atomic E-state index is 0. The molecule has 1 unspecified atom stereocenters. The molecule has 13 heavy (non-hydrogen) atoms. The number of fused-ring (bicyclic) bond motifs is 1. The van der Waals surface area contributed by atoms with Crippen LogP contribution in [0.3, 0.4) is 0 Å². The highest BCUT2D eigenvalue weighted by Gasteiger charge is 2.10. The highest BCUT2D eigenvalue weighted by atomic mass is 35.5. The number of halogens is 1. The van der Waals surface area contributed by atoms with Crippen LogP contribution in [0, 0.1) is 0 Å². The third-order valence-electron chi connectivity index (χ3n) is 2.10. The summed E-state index contributed by atoms with van der Waals surface area (Å²) in [6, 6.07) is 9.26. The summed E-state index contributed by atoms with van der Waals surface area (Å²) in [6.07, 6.45) is 0. The molecule has 1 N–H and O–H groups in total. The Morgan fingerprint density at radius 2 is 2.15 bits per heavy atom. The van der Waals surface area contributed by atoms with E-state index < -0.39 is 0 Å². The summed E-state index contributed by atoms with van der Waals surface area (Å²) in [5, 5.41) is 3.48. The molecule has 0 fully saturated rings. The fraction of sp³-hybridized carbons (Fsp3) is 0.400. The minimum Gasteiger partial charge on any atom is -0.309 e. The van der Waals surface area contributed by atoms with Crippen molar-refractivity contribution >= 4 is 24.2 Å². The lowest BCUT2D eigenvalue weighted by Gasteiger charge is -2.06. The molecule has 1 aromatic carbocycles. The minimum absolute atomic E-state index is 0. The zero-order valence-electron chi connectivity index (χ0n) is 7.62. The van der Waals surface area contributed by atoms with E-state index in [-0.39, 0.29) is 12.4 Å². The Bertz CT molecular complexity index is 250. The third-order valence-corrected chi connectivity index (χ3v) is 3.48. The van der Waals surface area contributed by atoms with Crippen LogP contribution in [-0.2, 0) is 6.54 Å². The Morgan fingerprint density at radius 1 is 1.38 bits per heavy atom. The topological polar surface area (TPSA) is 12.0 Å². The van der Waals surface area contributed by atoms with Crippen molar-refractivity contribution in [2.24, 2.45) is 0 Å². The largest absolute Gasteiger partial charge is 0.309 e. The molecular weight excluding hydrogens is 202 g/mol. The van der Waals surface area contributed by atoms with Crippen molar-refractivity contribution < 1.29 is 0 Å². The van der Waals surface area contributed by atoms with Crippen LogP contribution in [0.2, 0.25) is 0 Å². The first kappa shape index (κ1) is 10.9. The maximum atomic E-state index is 3.48. The van der Waals surface area contributed by atoms with Crippen LogP contribution >= 0.6 is 24.2 Å². The van der Waals surface area contributed by atoms with E-state index in [1.807, 2.05) is 11.8 Å². The number of thioether (sulfide) groups is 1. The van der Waals surface area contributed by atoms with Gasteiger partial charge in [-0.15, -0.1) is 24.2 Å². The van der Waals surface area contributed by atoms with Crippen LogP contribution in [0.5, 0.6) is 0 Å². The van der Waals surface area contributed by atoms with Crippen LogP contribution in [0.4, 0.5) is 0 Å². The van der Waals surface area contributed by atoms with E-state index in [1.165, 1.54) is 16.2 Å². The van der Waals surface area contributed by atoms with E-state index in [0.717, 1.165) is 6.54 Å². The predicted molar refractivity (Wildman–Crippen MR) is 60.7 cm³/mol. The molecule has 1 atom stereocenters. The predicted octanol–water partition coefficient (Wildman–Crippen LogP) is 2.69. The van der Waals surface area contributed by atoms with Gasteiger partial charge >= 0.3 is 0 Å². The van der Waals surface area contributed by atoms with Gasteiger partial charge in [0.1, 0.15) is 0 Å². The van der Waals surface area contributed by atoms with Gasteiger partial charge in [-0.3, -0.25) is 0 Å². The maximum Gasteiger partial charge on any atom is 0.0219 e. The van der Waals surface area contributed by atoms with Crippen molar-refractivity contribution in [1.82, 2.24) is 5.32 Å². The second-order valence-corrected chi connectivity index (χ2v) is 4.26. The summed E-state index contributed by atoms with van der Waals surface area (Å²) in [7, 11) is 0. The van der Waals surface area contributed by atoms with Crippen molar-refractivity contribution in [2.75, 3.05) is 5.75 Å². The first-order valence-electron chi connectivity index (χ1n) is 4.30. The number of benzene rings is 1. The Balaban J connectivity index is 0.000000845. The summed E-state index contributed by atoms with van der Waals surface area (Å²) < 4.78 is 0. The number of hydrogen-bond donors (Lipinski definition) is 1. The van der Waals surface area contributed by atoms with Crippen LogP contribution in [0.1, 0.15) is 12.5 Å². The van der Waals surface area contributed by atoms with Gasteiger partial charge in [0.05, 0.1) is 0 Å². The summed E-state index contributed by atoms with van der Waals surface area (Å²) in [5.41, 5.74) is 1.44. The van der Waals surface area contributed by atoms with Crippen molar-refractivity contribution in [3.05, 3.63) is 29.8 Å². The van der Waals surface area contributed by atoms with Gasteiger partial charge in [-0.05, 0) is 18.6 Å². The summed E-state index contributed by atoms with van der Waals surface area (Å²) >= 11 is 1.96. The van der Waals surface area contributed by atoms with E-state index in [0.29, 0.717) is 6.04 Å². The second kappa shape index (κ2) is 4.89. The molecule has 1 heterocycles. The Morgan fingerprint density at radius 3 is 3.00 bits per heavy atom. The van der Waals surface area contributed by atoms with E-state index in [1.54, 1.807) is 0 Å². The van der Waals surface area contributed by atoms with Crippen molar-refractivity contribution in [2.45, 2.75) is 24.4 Å². The van der Waals surface area contributed by atoms with Crippen LogP contribution < -0.4 is 5.32 Å². The smallest absolute Gasteiger partial charge is 0.0219 e. The lowest BCUT2D eigenvalue weighted by Crippen LogP contribution is -2.25. The molecule has 2 rings (SSSR count). The lowest BCUT2D eigenvalue weighted by atomic mass is 10.2. The molecular formula is C10H14ClNS. The molecule has 0 saturated carbocycles. The molecule has 1 aliphatic heterocycles. The Hall–Kier alpha value is -0.180. The molecule has 72 valence electrons. The average Bonchev–Trinajstić information content (AvgIpc) is 2.29. The third kappa shape index (κ3) is 2.63. The first-order valence-corrected chi connectivity index (χ1v) is 5.29. The van der Waals surface area contributed by atoms with Crippen LogP contribution in [0.15, 0.2) is 29.2 Å². The fourth-order valence-corrected chi connectivity index (χ4v) is 2.40. The molecule has 0 saturated heterocycles. The fourth-order valence-electron chi connectivity index (χ4n) is 1.35. The monoisotopic (exact) mass is 215 g/mol. The molecule has 3 heteroatoms. The van der Waals surface area contributed by atoms with Gasteiger partial charge in [-0.1, -0.05) is 18.2 Å². The zero-order chi connectivity index (χ0) is 8.39. The quantitative estimate of drug-likeness (QED) is 0.714. The molecule has 1 nitrogen and oxygen atoms in total. The van der Waals surface area contributed by atoms with Gasteiger partial charge in [0.2, 0.25) is 0 Å². The van der Waals surface area contributed by atoms with Gasteiger partial charge in [-0.2, -0.15) is 0 Å². The van der Waals surface area contributed by atoms with Gasteiger partial charge in [-0.25, -0.2) is 0 Å². The number of hydrogen-bond acceptors (Lipinski definition) is 2.